The fourth-order valence-electron chi connectivity index (χ4n) is 2.12. The van der Waals surface area contributed by atoms with Gasteiger partial charge in [0, 0.05) is 19.3 Å². The standard InChI is InChI=1S/C8H15NO/c9-7-1-2-8(7)3-5-10-6-4-8/h7H,1-6,9H2. The Bertz CT molecular complexity index is 129. The van der Waals surface area contributed by atoms with Crippen molar-refractivity contribution < 1.29 is 4.74 Å². The van der Waals surface area contributed by atoms with Crippen molar-refractivity contribution in [1.29, 1.82) is 0 Å². The predicted octanol–water partition coefficient (Wildman–Crippen LogP) is 0.904. The fraction of sp³-hybridized carbons (Fsp3) is 1.00. The second-order valence-corrected chi connectivity index (χ2v) is 3.62. The van der Waals surface area contributed by atoms with Gasteiger partial charge in [0.1, 0.15) is 0 Å². The van der Waals surface area contributed by atoms with Gasteiger partial charge < -0.3 is 10.5 Å². The number of hydrogen-bond acceptors (Lipinski definition) is 2. The molecule has 1 atom stereocenters. The lowest BCUT2D eigenvalue weighted by molar-refractivity contribution is -0.0435. The van der Waals surface area contributed by atoms with Gasteiger partial charge in [-0.05, 0) is 31.1 Å². The van der Waals surface area contributed by atoms with Crippen LogP contribution in [-0.2, 0) is 4.74 Å². The molecule has 1 aliphatic carbocycles. The van der Waals surface area contributed by atoms with E-state index in [9.17, 15) is 0 Å². The fourth-order valence-corrected chi connectivity index (χ4v) is 2.12. The largest absolute Gasteiger partial charge is 0.381 e. The van der Waals surface area contributed by atoms with Crippen molar-refractivity contribution in [2.75, 3.05) is 13.2 Å². The van der Waals surface area contributed by atoms with Gasteiger partial charge in [-0.1, -0.05) is 0 Å². The van der Waals surface area contributed by atoms with E-state index < -0.39 is 0 Å². The van der Waals surface area contributed by atoms with Gasteiger partial charge >= 0.3 is 0 Å². The van der Waals surface area contributed by atoms with Crippen LogP contribution in [0.25, 0.3) is 0 Å². The molecule has 1 heterocycles. The van der Waals surface area contributed by atoms with Crippen LogP contribution in [0.3, 0.4) is 0 Å². The van der Waals surface area contributed by atoms with Crippen LogP contribution in [0.2, 0.25) is 0 Å². The first-order valence-electron chi connectivity index (χ1n) is 4.17. The highest BCUT2D eigenvalue weighted by molar-refractivity contribution is 4.99. The Morgan fingerprint density at radius 2 is 1.90 bits per heavy atom. The first-order chi connectivity index (χ1) is 4.83. The highest BCUT2D eigenvalue weighted by Gasteiger charge is 2.44. The van der Waals surface area contributed by atoms with Crippen molar-refractivity contribution in [1.82, 2.24) is 0 Å². The second kappa shape index (κ2) is 2.21. The molecular formula is C8H15NO. The highest BCUT2D eigenvalue weighted by atomic mass is 16.5. The lowest BCUT2D eigenvalue weighted by Gasteiger charge is -2.50. The summed E-state index contributed by atoms with van der Waals surface area (Å²) in [6.07, 6.45) is 4.99. The molecule has 1 aliphatic heterocycles. The smallest absolute Gasteiger partial charge is 0.0471 e. The zero-order valence-electron chi connectivity index (χ0n) is 6.31. The second-order valence-electron chi connectivity index (χ2n) is 3.62. The lowest BCUT2D eigenvalue weighted by atomic mass is 9.60. The van der Waals surface area contributed by atoms with Gasteiger partial charge in [0.05, 0.1) is 0 Å². The van der Waals surface area contributed by atoms with Crippen LogP contribution >= 0.6 is 0 Å². The number of rotatable bonds is 0. The normalized spacial score (nSPS) is 37.5. The van der Waals surface area contributed by atoms with Gasteiger partial charge in [-0.2, -0.15) is 0 Å². The summed E-state index contributed by atoms with van der Waals surface area (Å²) in [5.41, 5.74) is 6.44. The summed E-state index contributed by atoms with van der Waals surface area (Å²) in [6, 6.07) is 0.483. The number of ether oxygens (including phenoxy) is 1. The molecule has 0 aromatic carbocycles. The third kappa shape index (κ3) is 0.789. The quantitative estimate of drug-likeness (QED) is 0.544. The zero-order valence-corrected chi connectivity index (χ0v) is 6.31. The molecule has 1 saturated carbocycles. The molecule has 0 radical (unpaired) electrons. The molecule has 1 spiro atoms. The third-order valence-electron chi connectivity index (χ3n) is 3.23. The van der Waals surface area contributed by atoms with E-state index in [0.717, 1.165) is 13.2 Å². The molecule has 0 bridgehead atoms. The average Bonchev–Trinajstić information content (AvgIpc) is 2.04. The summed E-state index contributed by atoms with van der Waals surface area (Å²) in [4.78, 5) is 0. The Labute approximate surface area is 61.7 Å². The molecule has 10 heavy (non-hydrogen) atoms. The molecule has 0 aromatic heterocycles. The molecular weight excluding hydrogens is 126 g/mol. The van der Waals surface area contributed by atoms with E-state index >= 15 is 0 Å². The number of nitrogens with two attached hydrogens (primary N) is 1. The van der Waals surface area contributed by atoms with E-state index in [1.807, 2.05) is 0 Å². The van der Waals surface area contributed by atoms with Crippen molar-refractivity contribution in [2.24, 2.45) is 11.1 Å². The summed E-state index contributed by atoms with van der Waals surface area (Å²) in [7, 11) is 0. The first kappa shape index (κ1) is 6.62. The van der Waals surface area contributed by atoms with Crippen LogP contribution in [0.5, 0.6) is 0 Å². The van der Waals surface area contributed by atoms with Crippen molar-refractivity contribution in [3.63, 3.8) is 0 Å². The van der Waals surface area contributed by atoms with Gasteiger partial charge in [0.15, 0.2) is 0 Å². The highest BCUT2D eigenvalue weighted by Crippen LogP contribution is 2.47. The van der Waals surface area contributed by atoms with E-state index in [1.165, 1.54) is 25.7 Å². The van der Waals surface area contributed by atoms with Crippen molar-refractivity contribution in [3.8, 4) is 0 Å². The summed E-state index contributed by atoms with van der Waals surface area (Å²) in [5, 5.41) is 0. The van der Waals surface area contributed by atoms with Crippen LogP contribution in [0, 0.1) is 5.41 Å². The summed E-state index contributed by atoms with van der Waals surface area (Å²) >= 11 is 0. The van der Waals surface area contributed by atoms with Gasteiger partial charge in [-0.15, -0.1) is 0 Å². The predicted molar refractivity (Wildman–Crippen MR) is 39.7 cm³/mol. The third-order valence-corrected chi connectivity index (χ3v) is 3.23. The van der Waals surface area contributed by atoms with Crippen LogP contribution in [0.1, 0.15) is 25.7 Å². The minimum Gasteiger partial charge on any atom is -0.381 e. The van der Waals surface area contributed by atoms with Crippen LogP contribution in [-0.4, -0.2) is 19.3 Å². The monoisotopic (exact) mass is 141 g/mol. The maximum atomic E-state index is 5.93. The topological polar surface area (TPSA) is 35.2 Å². The van der Waals surface area contributed by atoms with E-state index in [1.54, 1.807) is 0 Å². The van der Waals surface area contributed by atoms with Gasteiger partial charge in [0.25, 0.3) is 0 Å². The molecule has 2 heteroatoms. The maximum absolute atomic E-state index is 5.93. The number of hydrogen-bond donors (Lipinski definition) is 1. The van der Waals surface area contributed by atoms with Crippen LogP contribution in [0.4, 0.5) is 0 Å². The Hall–Kier alpha value is -0.0800. The summed E-state index contributed by atoms with van der Waals surface area (Å²) in [5.74, 6) is 0. The molecule has 2 rings (SSSR count). The van der Waals surface area contributed by atoms with Crippen LogP contribution < -0.4 is 5.73 Å². The van der Waals surface area contributed by atoms with E-state index in [-0.39, 0.29) is 0 Å². The molecule has 2 N–H and O–H groups in total. The first-order valence-corrected chi connectivity index (χ1v) is 4.17. The van der Waals surface area contributed by atoms with Gasteiger partial charge in [-0.3, -0.25) is 0 Å². The Morgan fingerprint density at radius 3 is 2.20 bits per heavy atom. The minimum absolute atomic E-state index is 0.483. The average molecular weight is 141 g/mol. The lowest BCUT2D eigenvalue weighted by Crippen LogP contribution is -2.53. The van der Waals surface area contributed by atoms with Gasteiger partial charge in [-0.25, -0.2) is 0 Å². The Morgan fingerprint density at radius 1 is 1.20 bits per heavy atom. The summed E-state index contributed by atoms with van der Waals surface area (Å²) < 4.78 is 5.29. The van der Waals surface area contributed by atoms with E-state index in [2.05, 4.69) is 0 Å². The van der Waals surface area contributed by atoms with Crippen molar-refractivity contribution >= 4 is 0 Å². The molecule has 0 aromatic rings. The zero-order chi connectivity index (χ0) is 7.03. The van der Waals surface area contributed by atoms with Crippen molar-refractivity contribution in [2.45, 2.75) is 31.7 Å². The van der Waals surface area contributed by atoms with Gasteiger partial charge in [0.2, 0.25) is 0 Å². The molecule has 58 valence electrons. The summed E-state index contributed by atoms with van der Waals surface area (Å²) in [6.45, 7) is 1.88. The maximum Gasteiger partial charge on any atom is 0.0471 e. The Balaban J connectivity index is 1.99. The molecule has 2 fully saturated rings. The minimum atomic E-state index is 0.483. The van der Waals surface area contributed by atoms with E-state index in [4.69, 9.17) is 10.5 Å². The van der Waals surface area contributed by atoms with Crippen LogP contribution in [0.15, 0.2) is 0 Å². The molecule has 0 amide bonds. The Kier molecular flexibility index (Phi) is 1.46. The SMILES string of the molecule is NC1CCC12CCOCC2. The van der Waals surface area contributed by atoms with Crippen molar-refractivity contribution in [3.05, 3.63) is 0 Å². The van der Waals surface area contributed by atoms with E-state index in [0.29, 0.717) is 11.5 Å². The molecule has 2 aliphatic rings. The molecule has 2 nitrogen and oxygen atoms in total. The molecule has 1 saturated heterocycles. The molecule has 1 unspecified atom stereocenters.